The lowest BCUT2D eigenvalue weighted by atomic mass is 10.4. The summed E-state index contributed by atoms with van der Waals surface area (Å²) in [6.07, 6.45) is 9.58. The summed E-state index contributed by atoms with van der Waals surface area (Å²) in [5, 5.41) is 2.49. The van der Waals surface area contributed by atoms with Gasteiger partial charge in [-0.05, 0) is 11.3 Å². The van der Waals surface area contributed by atoms with Gasteiger partial charge in [-0.3, -0.25) is 4.98 Å². The van der Waals surface area contributed by atoms with Gasteiger partial charge in [0.2, 0.25) is 0 Å². The normalized spacial score (nSPS) is 13.8. The van der Waals surface area contributed by atoms with Crippen LogP contribution >= 0.6 is 0 Å². The molecule has 0 amide bonds. The van der Waals surface area contributed by atoms with Crippen molar-refractivity contribution in [2.24, 2.45) is 0 Å². The Balaban J connectivity index is 2.76. The van der Waals surface area contributed by atoms with Gasteiger partial charge in [-0.2, -0.15) is 0 Å². The van der Waals surface area contributed by atoms with Crippen LogP contribution in [0.25, 0.3) is 12.2 Å². The SMILES string of the molecule is C=C/C=c1/cncc2c1=C2. The van der Waals surface area contributed by atoms with E-state index in [0.717, 1.165) is 0 Å². The van der Waals surface area contributed by atoms with Crippen LogP contribution in [-0.2, 0) is 0 Å². The number of hydrogen-bond acceptors (Lipinski definition) is 1. The van der Waals surface area contributed by atoms with Crippen LogP contribution in [0.2, 0.25) is 0 Å². The highest BCUT2D eigenvalue weighted by Gasteiger charge is 2.03. The molecule has 1 aliphatic rings. The van der Waals surface area contributed by atoms with Crippen molar-refractivity contribution in [3.05, 3.63) is 41.0 Å². The minimum absolute atomic E-state index is 1.17. The number of allylic oxidation sites excluding steroid dienone is 1. The Bertz CT molecular complexity index is 388. The van der Waals surface area contributed by atoms with Gasteiger partial charge in [0.25, 0.3) is 0 Å². The van der Waals surface area contributed by atoms with E-state index in [9.17, 15) is 0 Å². The Morgan fingerprint density at radius 2 is 2.30 bits per heavy atom. The smallest absolute Gasteiger partial charge is 0.0347 e. The number of rotatable bonds is 1. The third-order valence-electron chi connectivity index (χ3n) is 1.56. The molecule has 2 rings (SSSR count). The van der Waals surface area contributed by atoms with Gasteiger partial charge >= 0.3 is 0 Å². The summed E-state index contributed by atoms with van der Waals surface area (Å²) in [5.74, 6) is 0. The molecule has 1 aromatic heterocycles. The first-order chi connectivity index (χ1) is 4.92. The lowest BCUT2D eigenvalue weighted by Gasteiger charge is -1.78. The number of hydrogen-bond donors (Lipinski definition) is 0. The maximum atomic E-state index is 4.04. The number of fused-ring (bicyclic) bond motifs is 1. The van der Waals surface area contributed by atoms with E-state index in [4.69, 9.17) is 0 Å². The second-order valence-electron chi connectivity index (χ2n) is 2.28. The molecule has 0 saturated heterocycles. The van der Waals surface area contributed by atoms with Crippen molar-refractivity contribution in [2.45, 2.75) is 0 Å². The Kier molecular flexibility index (Phi) is 0.978. The van der Waals surface area contributed by atoms with Crippen LogP contribution in [0, 0.1) is 0 Å². The Morgan fingerprint density at radius 3 is 3.10 bits per heavy atom. The van der Waals surface area contributed by atoms with Crippen molar-refractivity contribution in [2.75, 3.05) is 0 Å². The molecule has 1 aliphatic carbocycles. The first-order valence-corrected chi connectivity index (χ1v) is 3.20. The van der Waals surface area contributed by atoms with Gasteiger partial charge in [-0.15, -0.1) is 0 Å². The lowest BCUT2D eigenvalue weighted by Crippen LogP contribution is -2.16. The molecule has 0 fully saturated rings. The van der Waals surface area contributed by atoms with Gasteiger partial charge in [0.15, 0.2) is 0 Å². The van der Waals surface area contributed by atoms with Crippen LogP contribution in [0.3, 0.4) is 0 Å². The molecular weight excluding hydrogens is 122 g/mol. The van der Waals surface area contributed by atoms with Gasteiger partial charge in [0.05, 0.1) is 0 Å². The van der Waals surface area contributed by atoms with Crippen LogP contribution < -0.4 is 10.4 Å². The predicted octanol–water partition coefficient (Wildman–Crippen LogP) is 0.190. The summed E-state index contributed by atoms with van der Waals surface area (Å²) in [5.41, 5.74) is 1.26. The molecule has 0 saturated carbocycles. The van der Waals surface area contributed by atoms with Crippen LogP contribution in [0.5, 0.6) is 0 Å². The van der Waals surface area contributed by atoms with Crippen molar-refractivity contribution < 1.29 is 0 Å². The maximum absolute atomic E-state index is 4.04. The van der Waals surface area contributed by atoms with Crippen molar-refractivity contribution in [1.29, 1.82) is 0 Å². The van der Waals surface area contributed by atoms with Crippen LogP contribution in [0.15, 0.2) is 25.0 Å². The molecule has 1 heteroatoms. The second-order valence-corrected chi connectivity index (χ2v) is 2.28. The van der Waals surface area contributed by atoms with Crippen molar-refractivity contribution >= 4 is 12.2 Å². The summed E-state index contributed by atoms with van der Waals surface area (Å²) in [4.78, 5) is 4.04. The maximum Gasteiger partial charge on any atom is 0.0347 e. The summed E-state index contributed by atoms with van der Waals surface area (Å²) in [6.45, 7) is 3.62. The Labute approximate surface area is 59.0 Å². The standard InChI is InChI=1S/C9H7N/c1-2-3-7-5-10-6-8-4-9(7)8/h2-6H,1H2/b7-3-. The molecule has 10 heavy (non-hydrogen) atoms. The number of pyridine rings is 1. The van der Waals surface area contributed by atoms with Crippen molar-refractivity contribution in [1.82, 2.24) is 4.98 Å². The molecule has 0 aliphatic heterocycles. The van der Waals surface area contributed by atoms with Gasteiger partial charge in [-0.25, -0.2) is 0 Å². The number of nitrogens with zero attached hydrogens (tertiary/aromatic N) is 1. The molecular formula is C9H7N. The molecule has 48 valence electrons. The summed E-state index contributed by atoms with van der Waals surface area (Å²) >= 11 is 0. The molecule has 1 aromatic rings. The average Bonchev–Trinajstić information content (AvgIpc) is 2.67. The fourth-order valence-corrected chi connectivity index (χ4v) is 1.00. The first kappa shape index (κ1) is 5.42. The predicted molar refractivity (Wildman–Crippen MR) is 41.7 cm³/mol. The fourth-order valence-electron chi connectivity index (χ4n) is 1.00. The minimum Gasteiger partial charge on any atom is -0.263 e. The van der Waals surface area contributed by atoms with Gasteiger partial charge in [0, 0.05) is 23.2 Å². The van der Waals surface area contributed by atoms with E-state index >= 15 is 0 Å². The molecule has 1 nitrogen and oxygen atoms in total. The summed E-state index contributed by atoms with van der Waals surface area (Å²) in [6, 6.07) is 0. The highest BCUT2D eigenvalue weighted by atomic mass is 14.6. The Hall–Kier alpha value is -1.37. The topological polar surface area (TPSA) is 12.9 Å². The second kappa shape index (κ2) is 1.81. The third-order valence-corrected chi connectivity index (χ3v) is 1.56. The van der Waals surface area contributed by atoms with Gasteiger partial charge in [0.1, 0.15) is 0 Å². The van der Waals surface area contributed by atoms with Crippen LogP contribution in [0.1, 0.15) is 5.56 Å². The zero-order valence-electron chi connectivity index (χ0n) is 5.54. The average molecular weight is 129 g/mol. The van der Waals surface area contributed by atoms with Crippen molar-refractivity contribution in [3.63, 3.8) is 0 Å². The summed E-state index contributed by atoms with van der Waals surface area (Å²) < 4.78 is 0. The molecule has 0 spiro atoms. The molecule has 0 unspecified atom stereocenters. The molecule has 0 aromatic carbocycles. The molecule has 0 N–H and O–H groups in total. The fraction of sp³-hybridized carbons (Fsp3) is 0. The largest absolute Gasteiger partial charge is 0.263 e. The third kappa shape index (κ3) is 0.676. The van der Waals surface area contributed by atoms with E-state index in [1.54, 1.807) is 6.08 Å². The van der Waals surface area contributed by atoms with E-state index in [2.05, 4.69) is 17.6 Å². The zero-order valence-corrected chi connectivity index (χ0v) is 5.54. The lowest BCUT2D eigenvalue weighted by molar-refractivity contribution is 1.30. The highest BCUT2D eigenvalue weighted by Crippen LogP contribution is 1.96. The van der Waals surface area contributed by atoms with E-state index in [-0.39, 0.29) is 0 Å². The molecule has 0 bridgehead atoms. The van der Waals surface area contributed by atoms with Crippen LogP contribution in [0.4, 0.5) is 0 Å². The monoisotopic (exact) mass is 129 g/mol. The zero-order chi connectivity index (χ0) is 6.97. The Morgan fingerprint density at radius 1 is 1.40 bits per heavy atom. The molecule has 0 radical (unpaired) electrons. The van der Waals surface area contributed by atoms with Gasteiger partial charge in [-0.1, -0.05) is 18.7 Å². The quantitative estimate of drug-likeness (QED) is 0.535. The highest BCUT2D eigenvalue weighted by molar-refractivity contribution is 5.65. The number of aromatic nitrogens is 1. The molecule has 1 heterocycles. The van der Waals surface area contributed by atoms with E-state index in [1.807, 2.05) is 18.5 Å². The molecule has 0 atom stereocenters. The van der Waals surface area contributed by atoms with Crippen molar-refractivity contribution in [3.8, 4) is 0 Å². The summed E-state index contributed by atoms with van der Waals surface area (Å²) in [7, 11) is 0. The minimum atomic E-state index is 1.17. The van der Waals surface area contributed by atoms with Gasteiger partial charge < -0.3 is 0 Å². The van der Waals surface area contributed by atoms with E-state index < -0.39 is 0 Å². The first-order valence-electron chi connectivity index (χ1n) is 3.20. The van der Waals surface area contributed by atoms with Crippen LogP contribution in [-0.4, -0.2) is 4.98 Å². The van der Waals surface area contributed by atoms with E-state index in [0.29, 0.717) is 0 Å². The van der Waals surface area contributed by atoms with E-state index in [1.165, 1.54) is 16.0 Å².